The molecule has 0 radical (unpaired) electrons. The van der Waals surface area contributed by atoms with Crippen LogP contribution >= 0.6 is 0 Å². The molecule has 146 valence electrons. The van der Waals surface area contributed by atoms with Crippen molar-refractivity contribution in [1.82, 2.24) is 5.32 Å². The van der Waals surface area contributed by atoms with Crippen LogP contribution < -0.4 is 20.7 Å². The van der Waals surface area contributed by atoms with Gasteiger partial charge in [0.1, 0.15) is 12.4 Å². The van der Waals surface area contributed by atoms with Crippen molar-refractivity contribution in [3.63, 3.8) is 0 Å². The van der Waals surface area contributed by atoms with E-state index in [1.54, 1.807) is 6.92 Å². The molecule has 28 heavy (non-hydrogen) atoms. The second-order valence-electron chi connectivity index (χ2n) is 7.18. The van der Waals surface area contributed by atoms with Gasteiger partial charge in [0, 0.05) is 17.8 Å². The summed E-state index contributed by atoms with van der Waals surface area (Å²) in [5.41, 5.74) is 2.54. The third kappa shape index (κ3) is 4.19. The molecule has 2 amide bonds. The summed E-state index contributed by atoms with van der Waals surface area (Å²) < 4.78 is 10.8. The van der Waals surface area contributed by atoms with E-state index in [0.717, 1.165) is 24.1 Å². The zero-order valence-corrected chi connectivity index (χ0v) is 15.6. The number of ether oxygens (including phenoxy) is 2. The summed E-state index contributed by atoms with van der Waals surface area (Å²) in [5, 5.41) is 9.15. The second kappa shape index (κ2) is 7.80. The number of nitrogens with one attached hydrogen (secondary N) is 3. The Hall–Kier alpha value is -3.22. The molecule has 7 nitrogen and oxygen atoms in total. The van der Waals surface area contributed by atoms with Crippen LogP contribution in [0.5, 0.6) is 5.75 Å². The van der Waals surface area contributed by atoms with Crippen molar-refractivity contribution >= 4 is 23.4 Å². The molecular weight excluding hydrogens is 358 g/mol. The van der Waals surface area contributed by atoms with Gasteiger partial charge in [-0.2, -0.15) is 0 Å². The number of carbonyl (C=O) groups is 2. The molecule has 7 heteroatoms. The molecule has 2 aromatic rings. The lowest BCUT2D eigenvalue weighted by atomic mass is 9.86. The Bertz CT molecular complexity index is 865. The summed E-state index contributed by atoms with van der Waals surface area (Å²) in [7, 11) is 0. The lowest BCUT2D eigenvalue weighted by molar-refractivity contribution is -0.122. The number of hydrogen-bond donors (Lipinski definition) is 3. The van der Waals surface area contributed by atoms with Crippen LogP contribution in [0, 0.1) is 0 Å². The highest BCUT2D eigenvalue weighted by molar-refractivity contribution is 5.98. The maximum absolute atomic E-state index is 11.9. The number of amides is 2. The summed E-state index contributed by atoms with van der Waals surface area (Å²) in [6.45, 7) is 1.99. The Morgan fingerprint density at radius 1 is 1.18 bits per heavy atom. The smallest absolute Gasteiger partial charge is 0.407 e. The van der Waals surface area contributed by atoms with Crippen LogP contribution in [0.2, 0.25) is 0 Å². The number of carbonyl (C=O) groups excluding carboxylic acids is 2. The van der Waals surface area contributed by atoms with E-state index in [0.29, 0.717) is 11.4 Å². The summed E-state index contributed by atoms with van der Waals surface area (Å²) in [4.78, 5) is 23.6. The van der Waals surface area contributed by atoms with Crippen LogP contribution in [-0.2, 0) is 16.1 Å². The molecule has 3 N–H and O–H groups in total. The maximum atomic E-state index is 11.9. The fourth-order valence-corrected chi connectivity index (χ4v) is 3.32. The van der Waals surface area contributed by atoms with E-state index in [9.17, 15) is 9.59 Å². The summed E-state index contributed by atoms with van der Waals surface area (Å²) in [5.74, 6) is 0.526. The van der Waals surface area contributed by atoms with Crippen molar-refractivity contribution in [2.45, 2.75) is 44.6 Å². The van der Waals surface area contributed by atoms with Crippen molar-refractivity contribution in [2.24, 2.45) is 0 Å². The van der Waals surface area contributed by atoms with Gasteiger partial charge in [0.2, 0.25) is 0 Å². The molecule has 1 saturated carbocycles. The van der Waals surface area contributed by atoms with E-state index < -0.39 is 12.2 Å². The first-order valence-electron chi connectivity index (χ1n) is 9.42. The Morgan fingerprint density at radius 3 is 2.75 bits per heavy atom. The fraction of sp³-hybridized carbons (Fsp3) is 0.333. The molecule has 1 unspecified atom stereocenters. The monoisotopic (exact) mass is 381 g/mol. The van der Waals surface area contributed by atoms with E-state index in [4.69, 9.17) is 9.47 Å². The van der Waals surface area contributed by atoms with E-state index in [1.165, 1.54) is 0 Å². The molecular formula is C21H23N3O4. The van der Waals surface area contributed by atoms with Crippen LogP contribution in [0.4, 0.5) is 16.2 Å². The molecule has 0 spiro atoms. The first-order valence-corrected chi connectivity index (χ1v) is 9.42. The number of rotatable bonds is 5. The predicted octanol–water partition coefficient (Wildman–Crippen LogP) is 3.28. The zero-order valence-electron chi connectivity index (χ0n) is 15.6. The SMILES string of the molecule is CC1Oc2ccc(NC3CC(NC(=O)OCc4ccccc4)C3)cc2NC1=O. The van der Waals surface area contributed by atoms with Crippen molar-refractivity contribution in [2.75, 3.05) is 10.6 Å². The number of benzene rings is 2. The molecule has 1 aliphatic heterocycles. The maximum Gasteiger partial charge on any atom is 0.407 e. The third-order valence-electron chi connectivity index (χ3n) is 4.95. The van der Waals surface area contributed by atoms with Gasteiger partial charge >= 0.3 is 6.09 Å². The quantitative estimate of drug-likeness (QED) is 0.740. The van der Waals surface area contributed by atoms with Crippen LogP contribution in [-0.4, -0.2) is 30.2 Å². The van der Waals surface area contributed by atoms with Gasteiger partial charge in [-0.25, -0.2) is 4.79 Å². The minimum Gasteiger partial charge on any atom is -0.479 e. The van der Waals surface area contributed by atoms with E-state index in [-0.39, 0.29) is 24.6 Å². The summed E-state index contributed by atoms with van der Waals surface area (Å²) in [6, 6.07) is 15.6. The van der Waals surface area contributed by atoms with Gasteiger partial charge in [-0.15, -0.1) is 0 Å². The van der Waals surface area contributed by atoms with E-state index in [1.807, 2.05) is 48.5 Å². The van der Waals surface area contributed by atoms with E-state index in [2.05, 4.69) is 16.0 Å². The normalized spacial score (nSPS) is 22.8. The average Bonchev–Trinajstić information content (AvgIpc) is 2.66. The first-order chi connectivity index (χ1) is 13.6. The zero-order chi connectivity index (χ0) is 19.5. The van der Waals surface area contributed by atoms with Gasteiger partial charge in [0.05, 0.1) is 5.69 Å². The van der Waals surface area contributed by atoms with Crippen molar-refractivity contribution in [3.05, 3.63) is 54.1 Å². The number of hydrogen-bond acceptors (Lipinski definition) is 5. The van der Waals surface area contributed by atoms with Gasteiger partial charge in [-0.05, 0) is 43.5 Å². The van der Waals surface area contributed by atoms with Gasteiger partial charge in [-0.3, -0.25) is 4.79 Å². The summed E-state index contributed by atoms with van der Waals surface area (Å²) in [6.07, 6.45) is 0.760. The molecule has 1 aliphatic carbocycles. The molecule has 1 fully saturated rings. The minimum atomic E-state index is -0.480. The molecule has 1 heterocycles. The highest BCUT2D eigenvalue weighted by Crippen LogP contribution is 2.33. The van der Waals surface area contributed by atoms with Gasteiger partial charge in [-0.1, -0.05) is 30.3 Å². The van der Waals surface area contributed by atoms with Gasteiger partial charge in [0.15, 0.2) is 6.10 Å². The molecule has 1 atom stereocenters. The number of fused-ring (bicyclic) bond motifs is 1. The Balaban J connectivity index is 1.21. The molecule has 0 bridgehead atoms. The van der Waals surface area contributed by atoms with E-state index >= 15 is 0 Å². The van der Waals surface area contributed by atoms with Crippen molar-refractivity contribution in [3.8, 4) is 5.75 Å². The Labute approximate surface area is 163 Å². The number of anilines is 2. The lowest BCUT2D eigenvalue weighted by Gasteiger charge is -2.36. The summed E-state index contributed by atoms with van der Waals surface area (Å²) >= 11 is 0. The van der Waals surface area contributed by atoms with Crippen LogP contribution in [0.3, 0.4) is 0 Å². The van der Waals surface area contributed by atoms with Gasteiger partial charge in [0.25, 0.3) is 5.91 Å². The lowest BCUT2D eigenvalue weighted by Crippen LogP contribution is -2.49. The van der Waals surface area contributed by atoms with Crippen molar-refractivity contribution < 1.29 is 19.1 Å². The predicted molar refractivity (Wildman–Crippen MR) is 105 cm³/mol. The third-order valence-corrected chi connectivity index (χ3v) is 4.95. The topological polar surface area (TPSA) is 88.7 Å². The average molecular weight is 381 g/mol. The standard InChI is InChI=1S/C21H23N3O4/c1-13-20(25)24-18-11-15(7-8-19(18)28-13)22-16-9-17(10-16)23-21(26)27-12-14-5-3-2-4-6-14/h2-8,11,13,16-17,22H,9-10,12H2,1H3,(H,23,26)(H,24,25). The highest BCUT2D eigenvalue weighted by Gasteiger charge is 2.31. The van der Waals surface area contributed by atoms with Gasteiger partial charge < -0.3 is 25.4 Å². The van der Waals surface area contributed by atoms with Crippen molar-refractivity contribution in [1.29, 1.82) is 0 Å². The molecule has 2 aliphatic rings. The largest absolute Gasteiger partial charge is 0.479 e. The minimum absolute atomic E-state index is 0.0993. The Morgan fingerprint density at radius 2 is 1.96 bits per heavy atom. The molecule has 0 saturated heterocycles. The van der Waals surface area contributed by atoms with Crippen LogP contribution in [0.25, 0.3) is 0 Å². The number of alkyl carbamates (subject to hydrolysis) is 1. The van der Waals surface area contributed by atoms with Crippen LogP contribution in [0.1, 0.15) is 25.3 Å². The molecule has 4 rings (SSSR count). The highest BCUT2D eigenvalue weighted by atomic mass is 16.5. The second-order valence-corrected chi connectivity index (χ2v) is 7.18. The fourth-order valence-electron chi connectivity index (χ4n) is 3.32. The van der Waals surface area contributed by atoms with Crippen LogP contribution in [0.15, 0.2) is 48.5 Å². The Kier molecular flexibility index (Phi) is 5.06. The molecule has 2 aromatic carbocycles. The molecule has 0 aromatic heterocycles. The first kappa shape index (κ1) is 18.2.